The van der Waals surface area contributed by atoms with Crippen molar-refractivity contribution in [2.45, 2.75) is 271 Å². The summed E-state index contributed by atoms with van der Waals surface area (Å²) in [7, 11) is 6.16. The predicted octanol–water partition coefficient (Wildman–Crippen LogP) is 0.299. The molecule has 0 bridgehead atoms. The third-order valence-electron chi connectivity index (χ3n) is 20.2. The van der Waals surface area contributed by atoms with E-state index in [0.29, 0.717) is 51.4 Å². The molecule has 4 aliphatic carbocycles. The topological polar surface area (TPSA) is 311 Å². The number of aliphatic hydroxyl groups is 9. The van der Waals surface area contributed by atoms with Crippen LogP contribution in [-0.4, -0.2) is 246 Å². The average molecular weight is 1120 g/mol. The molecule has 0 spiro atoms. The third kappa shape index (κ3) is 11.0. The normalized spacial score (nSPS) is 54.1. The minimum absolute atomic E-state index is 0.160. The maximum Gasteiger partial charge on any atom is 0.187 e. The van der Waals surface area contributed by atoms with Gasteiger partial charge in [-0.3, -0.25) is 0 Å². The molecule has 9 N–H and O–H groups in total. The number of rotatable bonds is 16. The number of hydrogen-bond donors (Lipinski definition) is 9. The zero-order valence-corrected chi connectivity index (χ0v) is 47.1. The average Bonchev–Trinajstić information content (AvgIpc) is 3.89. The second-order valence-corrected chi connectivity index (χ2v) is 24.4. The first-order chi connectivity index (χ1) is 37.0. The Morgan fingerprint density at radius 2 is 1.10 bits per heavy atom. The largest absolute Gasteiger partial charge is 0.394 e. The highest BCUT2D eigenvalue weighted by molar-refractivity contribution is 5.31. The standard InChI is InChI=1S/C55H92O23/c1-23(57)30-15-17-55(64)31-13-12-28-18-29(14-16-53(28,6)39(31)41(59)50(63)54(30,55)7)73-36-19-32(65-8)45(24(2)69-36)75-37-20-33(66-9)46(25(3)70-37)76-38-21-34(67-10)47(26(4)71-38)77-52-44(62)49(68-11)48(27(5)72-52)78-51-43(61)42(60)40(58)35(22-56)74-51/h12,23-27,29-52,56-64H,13-22H2,1-11H3. The van der Waals surface area contributed by atoms with E-state index >= 15 is 0 Å². The summed E-state index contributed by atoms with van der Waals surface area (Å²) in [5.74, 6) is -0.922. The van der Waals surface area contributed by atoms with E-state index < -0.39 is 177 Å². The van der Waals surface area contributed by atoms with Crippen LogP contribution in [0.2, 0.25) is 0 Å². The van der Waals surface area contributed by atoms with E-state index in [1.807, 2.05) is 20.8 Å². The number of fused-ring (bicyclic) bond motifs is 5. The molecule has 5 aliphatic heterocycles. The van der Waals surface area contributed by atoms with Crippen LogP contribution in [0.25, 0.3) is 0 Å². The van der Waals surface area contributed by atoms with Gasteiger partial charge in [-0.05, 0) is 90.4 Å². The molecule has 78 heavy (non-hydrogen) atoms. The first-order valence-electron chi connectivity index (χ1n) is 28.4. The second-order valence-electron chi connectivity index (χ2n) is 24.4. The highest BCUT2D eigenvalue weighted by Gasteiger charge is 2.73. The molecule has 32 atom stereocenters. The molecule has 9 rings (SSSR count). The SMILES string of the molecule is COC1CC(OC2CCC3(C)C(=CCC4C3C(O)C(O)C3(C)C(C(C)O)CCC43O)C2)OC(C)C1OC1CC(OC)C(OC2CC(OC)C(OC3OC(C)C(OC4OC(CO)C(O)C(O)C4O)C(OC)C3O)C(C)O2)C(C)O1. The zero-order chi connectivity index (χ0) is 56.5. The quantitative estimate of drug-likeness (QED) is 0.0939. The van der Waals surface area contributed by atoms with Crippen molar-refractivity contribution in [1.82, 2.24) is 0 Å². The van der Waals surface area contributed by atoms with Crippen molar-refractivity contribution in [3.63, 3.8) is 0 Å². The summed E-state index contributed by atoms with van der Waals surface area (Å²) in [5.41, 5.74) is -1.53. The highest BCUT2D eigenvalue weighted by atomic mass is 16.8. The lowest BCUT2D eigenvalue weighted by Gasteiger charge is -2.64. The molecule has 9 aliphatic rings. The van der Waals surface area contributed by atoms with E-state index in [9.17, 15) is 46.0 Å². The maximum absolute atomic E-state index is 12.5. The Hall–Kier alpha value is -1.18. The van der Waals surface area contributed by atoms with Gasteiger partial charge in [-0.1, -0.05) is 25.5 Å². The molecule has 5 heterocycles. The van der Waals surface area contributed by atoms with Crippen LogP contribution in [0, 0.1) is 28.6 Å². The minimum atomic E-state index is -1.67. The van der Waals surface area contributed by atoms with Crippen LogP contribution in [0.1, 0.15) is 106 Å². The van der Waals surface area contributed by atoms with Crippen LogP contribution < -0.4 is 0 Å². The van der Waals surface area contributed by atoms with E-state index in [1.165, 1.54) is 12.7 Å². The summed E-state index contributed by atoms with van der Waals surface area (Å²) in [6.45, 7) is 12.4. The molecular formula is C55H92O23. The highest BCUT2D eigenvalue weighted by Crippen LogP contribution is 2.68. The molecule has 5 saturated heterocycles. The van der Waals surface area contributed by atoms with Crippen LogP contribution >= 0.6 is 0 Å². The first kappa shape index (κ1) is 61.4. The van der Waals surface area contributed by atoms with Crippen molar-refractivity contribution in [2.24, 2.45) is 28.6 Å². The van der Waals surface area contributed by atoms with Gasteiger partial charge < -0.3 is 112 Å². The summed E-state index contributed by atoms with van der Waals surface area (Å²) in [6, 6.07) is 0. The third-order valence-corrected chi connectivity index (χ3v) is 20.2. The van der Waals surface area contributed by atoms with Gasteiger partial charge in [0.05, 0.1) is 79.4 Å². The minimum Gasteiger partial charge on any atom is -0.394 e. The summed E-state index contributed by atoms with van der Waals surface area (Å²) in [5, 5.41) is 99.2. The maximum atomic E-state index is 12.5. The first-order valence-corrected chi connectivity index (χ1v) is 28.4. The lowest BCUT2D eigenvalue weighted by molar-refractivity contribution is -0.374. The number of methoxy groups -OCH3 is 4. The van der Waals surface area contributed by atoms with Gasteiger partial charge in [-0.2, -0.15) is 0 Å². The lowest BCUT2D eigenvalue weighted by atomic mass is 9.44. The van der Waals surface area contributed by atoms with Gasteiger partial charge in [0.15, 0.2) is 31.5 Å². The van der Waals surface area contributed by atoms with Crippen LogP contribution in [0.5, 0.6) is 0 Å². The Morgan fingerprint density at radius 3 is 1.63 bits per heavy atom. The van der Waals surface area contributed by atoms with Gasteiger partial charge in [0.25, 0.3) is 0 Å². The number of allylic oxidation sites excluding steroid dienone is 1. The second kappa shape index (κ2) is 24.4. The van der Waals surface area contributed by atoms with Gasteiger partial charge in [0.2, 0.25) is 0 Å². The molecule has 23 heteroatoms. The summed E-state index contributed by atoms with van der Waals surface area (Å²) < 4.78 is 87.1. The Morgan fingerprint density at radius 1 is 0.590 bits per heavy atom. The molecule has 0 aromatic rings. The van der Waals surface area contributed by atoms with Crippen molar-refractivity contribution < 1.29 is 112 Å². The van der Waals surface area contributed by atoms with Crippen LogP contribution in [0.15, 0.2) is 11.6 Å². The van der Waals surface area contributed by atoms with Crippen LogP contribution in [0.3, 0.4) is 0 Å². The monoisotopic (exact) mass is 1120 g/mol. The molecule has 23 nitrogen and oxygen atoms in total. The van der Waals surface area contributed by atoms with Crippen LogP contribution in [0.4, 0.5) is 0 Å². The molecule has 0 amide bonds. The van der Waals surface area contributed by atoms with E-state index in [2.05, 4.69) is 13.0 Å². The smallest absolute Gasteiger partial charge is 0.187 e. The Bertz CT molecular complexity index is 2000. The lowest BCUT2D eigenvalue weighted by Crippen LogP contribution is -2.71. The fourth-order valence-corrected chi connectivity index (χ4v) is 15.8. The molecule has 8 fully saturated rings. The summed E-state index contributed by atoms with van der Waals surface area (Å²) in [6.07, 6.45) is -16.3. The van der Waals surface area contributed by atoms with E-state index in [1.54, 1.807) is 42.1 Å². The number of hydrogen-bond acceptors (Lipinski definition) is 23. The Labute approximate surface area is 457 Å². The number of aliphatic hydroxyl groups excluding tert-OH is 8. The van der Waals surface area contributed by atoms with Crippen LogP contribution in [-0.2, 0) is 66.3 Å². The summed E-state index contributed by atoms with van der Waals surface area (Å²) in [4.78, 5) is 0. The molecule has 0 aromatic heterocycles. The number of ether oxygens (including phenoxy) is 14. The van der Waals surface area contributed by atoms with Gasteiger partial charge >= 0.3 is 0 Å². The van der Waals surface area contributed by atoms with Gasteiger partial charge in [-0.25, -0.2) is 0 Å². The van der Waals surface area contributed by atoms with Crippen molar-refractivity contribution in [3.05, 3.63) is 11.6 Å². The van der Waals surface area contributed by atoms with E-state index in [4.69, 9.17) is 66.3 Å². The molecule has 0 radical (unpaired) electrons. The fourth-order valence-electron chi connectivity index (χ4n) is 15.8. The van der Waals surface area contributed by atoms with E-state index in [-0.39, 0.29) is 30.3 Å². The molecule has 3 saturated carbocycles. The van der Waals surface area contributed by atoms with Crippen molar-refractivity contribution in [3.8, 4) is 0 Å². The fraction of sp³-hybridized carbons (Fsp3) is 0.964. The Balaban J connectivity index is 0.762. The molecule has 450 valence electrons. The Kier molecular flexibility index (Phi) is 19.2. The predicted molar refractivity (Wildman–Crippen MR) is 270 cm³/mol. The van der Waals surface area contributed by atoms with Gasteiger partial charge in [0, 0.05) is 59.0 Å². The van der Waals surface area contributed by atoms with Crippen molar-refractivity contribution >= 4 is 0 Å². The van der Waals surface area contributed by atoms with Gasteiger partial charge in [-0.15, -0.1) is 0 Å². The zero-order valence-electron chi connectivity index (χ0n) is 47.1. The van der Waals surface area contributed by atoms with E-state index in [0.717, 1.165) is 0 Å². The molecular weight excluding hydrogens is 1030 g/mol. The summed E-state index contributed by atoms with van der Waals surface area (Å²) >= 11 is 0. The molecule has 0 aromatic carbocycles. The van der Waals surface area contributed by atoms with Crippen molar-refractivity contribution in [2.75, 3.05) is 35.0 Å². The van der Waals surface area contributed by atoms with Crippen molar-refractivity contribution in [1.29, 1.82) is 0 Å². The molecule has 32 unspecified atom stereocenters. The van der Waals surface area contributed by atoms with Gasteiger partial charge in [0.1, 0.15) is 61.0 Å².